The lowest BCUT2D eigenvalue weighted by Crippen LogP contribution is -2.39. The van der Waals surface area contributed by atoms with Crippen LogP contribution < -0.4 is 10.6 Å². The Morgan fingerprint density at radius 2 is 1.45 bits per heavy atom. The molecule has 0 aliphatic rings. The van der Waals surface area contributed by atoms with Gasteiger partial charge in [0.25, 0.3) is 0 Å². The standard InChI is InChI=1S/C18H24N2/c1-18(2,17(19)15-10-6-4-7-11-15)14-20(3)16-12-8-5-9-13-16/h4-13,17H,14,19H2,1-3H3. The van der Waals surface area contributed by atoms with Crippen LogP contribution in [0.25, 0.3) is 0 Å². The molecule has 2 N–H and O–H groups in total. The van der Waals surface area contributed by atoms with Gasteiger partial charge in [0.1, 0.15) is 0 Å². The van der Waals surface area contributed by atoms with Gasteiger partial charge in [0.2, 0.25) is 0 Å². The zero-order valence-corrected chi connectivity index (χ0v) is 12.6. The third kappa shape index (κ3) is 3.40. The molecule has 2 aromatic carbocycles. The minimum absolute atomic E-state index is 0.00799. The Morgan fingerprint density at radius 3 is 2.00 bits per heavy atom. The van der Waals surface area contributed by atoms with Crippen LogP contribution >= 0.6 is 0 Å². The Morgan fingerprint density at radius 1 is 0.950 bits per heavy atom. The van der Waals surface area contributed by atoms with Gasteiger partial charge in [0.05, 0.1) is 0 Å². The van der Waals surface area contributed by atoms with Gasteiger partial charge in [-0.2, -0.15) is 0 Å². The second-order valence-electron chi connectivity index (χ2n) is 6.07. The predicted octanol–water partition coefficient (Wildman–Crippen LogP) is 3.85. The minimum atomic E-state index is -0.00799. The maximum Gasteiger partial charge on any atom is 0.0363 e. The van der Waals surface area contributed by atoms with Crippen LogP contribution in [0.2, 0.25) is 0 Å². The van der Waals surface area contributed by atoms with E-state index in [2.05, 4.69) is 62.2 Å². The molecule has 0 heterocycles. The number of benzene rings is 2. The Balaban J connectivity index is 2.11. The van der Waals surface area contributed by atoms with Gasteiger partial charge in [-0.1, -0.05) is 62.4 Å². The molecule has 0 spiro atoms. The Hall–Kier alpha value is -1.80. The molecule has 1 atom stereocenters. The highest BCUT2D eigenvalue weighted by atomic mass is 15.1. The summed E-state index contributed by atoms with van der Waals surface area (Å²) < 4.78 is 0. The number of hydrogen-bond donors (Lipinski definition) is 1. The minimum Gasteiger partial charge on any atom is -0.374 e. The SMILES string of the molecule is CN(CC(C)(C)C(N)c1ccccc1)c1ccccc1. The molecule has 0 radical (unpaired) electrons. The van der Waals surface area contributed by atoms with Crippen LogP contribution in [-0.2, 0) is 0 Å². The summed E-state index contributed by atoms with van der Waals surface area (Å²) in [6.07, 6.45) is 0. The Labute approximate surface area is 122 Å². The van der Waals surface area contributed by atoms with Gasteiger partial charge < -0.3 is 10.6 Å². The molecule has 2 rings (SSSR count). The maximum atomic E-state index is 6.47. The molecule has 0 saturated carbocycles. The number of hydrogen-bond acceptors (Lipinski definition) is 2. The van der Waals surface area contributed by atoms with Crippen LogP contribution in [0.1, 0.15) is 25.5 Å². The van der Waals surface area contributed by atoms with Gasteiger partial charge in [-0.05, 0) is 17.7 Å². The summed E-state index contributed by atoms with van der Waals surface area (Å²) in [5.74, 6) is 0. The van der Waals surface area contributed by atoms with Gasteiger partial charge >= 0.3 is 0 Å². The molecule has 2 aromatic rings. The van der Waals surface area contributed by atoms with E-state index in [4.69, 9.17) is 5.73 Å². The summed E-state index contributed by atoms with van der Waals surface area (Å²) in [7, 11) is 2.12. The number of nitrogens with zero attached hydrogens (tertiary/aromatic N) is 1. The van der Waals surface area contributed by atoms with Crippen molar-refractivity contribution in [1.29, 1.82) is 0 Å². The van der Waals surface area contributed by atoms with Crippen LogP contribution in [0.3, 0.4) is 0 Å². The fraction of sp³-hybridized carbons (Fsp3) is 0.333. The van der Waals surface area contributed by atoms with E-state index in [1.54, 1.807) is 0 Å². The van der Waals surface area contributed by atoms with Crippen LogP contribution in [-0.4, -0.2) is 13.6 Å². The third-order valence-electron chi connectivity index (χ3n) is 3.84. The van der Waals surface area contributed by atoms with Crippen molar-refractivity contribution in [2.24, 2.45) is 11.1 Å². The van der Waals surface area contributed by atoms with E-state index in [1.807, 2.05) is 24.3 Å². The highest BCUT2D eigenvalue weighted by molar-refractivity contribution is 5.45. The zero-order valence-electron chi connectivity index (χ0n) is 12.6. The molecule has 0 aliphatic heterocycles. The van der Waals surface area contributed by atoms with Gasteiger partial charge in [-0.3, -0.25) is 0 Å². The van der Waals surface area contributed by atoms with E-state index in [9.17, 15) is 0 Å². The van der Waals surface area contributed by atoms with Gasteiger partial charge in [-0.15, -0.1) is 0 Å². The second kappa shape index (κ2) is 6.10. The number of para-hydroxylation sites is 1. The third-order valence-corrected chi connectivity index (χ3v) is 3.84. The van der Waals surface area contributed by atoms with Crippen LogP contribution in [0.5, 0.6) is 0 Å². The molecular weight excluding hydrogens is 244 g/mol. The van der Waals surface area contributed by atoms with Crippen molar-refractivity contribution in [3.8, 4) is 0 Å². The lowest BCUT2D eigenvalue weighted by Gasteiger charge is -2.36. The molecule has 0 aliphatic carbocycles. The Bertz CT molecular complexity index is 520. The van der Waals surface area contributed by atoms with Crippen LogP contribution in [0.15, 0.2) is 60.7 Å². The van der Waals surface area contributed by atoms with Gasteiger partial charge in [0.15, 0.2) is 0 Å². The van der Waals surface area contributed by atoms with E-state index in [0.29, 0.717) is 0 Å². The first-order valence-corrected chi connectivity index (χ1v) is 7.07. The normalized spacial score (nSPS) is 13.0. The van der Waals surface area contributed by atoms with E-state index < -0.39 is 0 Å². The fourth-order valence-electron chi connectivity index (χ4n) is 2.59. The molecule has 0 amide bonds. The molecule has 106 valence electrons. The maximum absolute atomic E-state index is 6.47. The largest absolute Gasteiger partial charge is 0.374 e. The molecule has 20 heavy (non-hydrogen) atoms. The second-order valence-corrected chi connectivity index (χ2v) is 6.07. The molecule has 0 bridgehead atoms. The van der Waals surface area contributed by atoms with E-state index in [0.717, 1.165) is 6.54 Å². The molecule has 2 heteroatoms. The van der Waals surface area contributed by atoms with Crippen molar-refractivity contribution >= 4 is 5.69 Å². The van der Waals surface area contributed by atoms with Crippen molar-refractivity contribution in [2.75, 3.05) is 18.5 Å². The van der Waals surface area contributed by atoms with Crippen molar-refractivity contribution in [1.82, 2.24) is 0 Å². The zero-order chi connectivity index (χ0) is 14.6. The van der Waals surface area contributed by atoms with Crippen molar-refractivity contribution in [3.05, 3.63) is 66.2 Å². The summed E-state index contributed by atoms with van der Waals surface area (Å²) in [6, 6.07) is 20.8. The van der Waals surface area contributed by atoms with Crippen molar-refractivity contribution in [2.45, 2.75) is 19.9 Å². The number of anilines is 1. The van der Waals surface area contributed by atoms with Crippen LogP contribution in [0.4, 0.5) is 5.69 Å². The first kappa shape index (κ1) is 14.6. The van der Waals surface area contributed by atoms with E-state index in [-0.39, 0.29) is 11.5 Å². The Kier molecular flexibility index (Phi) is 4.46. The smallest absolute Gasteiger partial charge is 0.0363 e. The highest BCUT2D eigenvalue weighted by Gasteiger charge is 2.29. The quantitative estimate of drug-likeness (QED) is 0.892. The van der Waals surface area contributed by atoms with Crippen LogP contribution in [0, 0.1) is 5.41 Å². The molecule has 2 nitrogen and oxygen atoms in total. The monoisotopic (exact) mass is 268 g/mol. The molecule has 0 saturated heterocycles. The lowest BCUT2D eigenvalue weighted by atomic mass is 9.80. The topological polar surface area (TPSA) is 29.3 Å². The summed E-state index contributed by atoms with van der Waals surface area (Å²) in [4.78, 5) is 2.27. The predicted molar refractivity (Wildman–Crippen MR) is 86.9 cm³/mol. The first-order chi connectivity index (χ1) is 9.50. The van der Waals surface area contributed by atoms with Gasteiger partial charge in [-0.25, -0.2) is 0 Å². The number of rotatable bonds is 5. The average molecular weight is 268 g/mol. The first-order valence-electron chi connectivity index (χ1n) is 7.07. The summed E-state index contributed by atoms with van der Waals surface area (Å²) in [5, 5.41) is 0. The van der Waals surface area contributed by atoms with Crippen molar-refractivity contribution in [3.63, 3.8) is 0 Å². The van der Waals surface area contributed by atoms with Crippen molar-refractivity contribution < 1.29 is 0 Å². The lowest BCUT2D eigenvalue weighted by molar-refractivity contribution is 0.296. The average Bonchev–Trinajstić information content (AvgIpc) is 2.48. The number of nitrogens with two attached hydrogens (primary N) is 1. The molecule has 0 fully saturated rings. The summed E-state index contributed by atoms with van der Waals surface area (Å²) >= 11 is 0. The summed E-state index contributed by atoms with van der Waals surface area (Å²) in [5.41, 5.74) is 8.88. The molecule has 0 aromatic heterocycles. The van der Waals surface area contributed by atoms with E-state index >= 15 is 0 Å². The molecular formula is C18H24N2. The highest BCUT2D eigenvalue weighted by Crippen LogP contribution is 2.32. The fourth-order valence-corrected chi connectivity index (χ4v) is 2.59. The summed E-state index contributed by atoms with van der Waals surface area (Å²) in [6.45, 7) is 5.36. The van der Waals surface area contributed by atoms with Gasteiger partial charge in [0, 0.05) is 30.7 Å². The van der Waals surface area contributed by atoms with E-state index in [1.165, 1.54) is 11.3 Å². The molecule has 1 unspecified atom stereocenters.